The Hall–Kier alpha value is -1.80. The van der Waals surface area contributed by atoms with Gasteiger partial charge in [0.2, 0.25) is 0 Å². The quantitative estimate of drug-likeness (QED) is 0.241. The number of aryl methyl sites for hydroxylation is 1. The minimum atomic E-state index is -0.00273. The van der Waals surface area contributed by atoms with Crippen molar-refractivity contribution in [2.24, 2.45) is 0 Å². The second-order valence-corrected chi connectivity index (χ2v) is 11.3. The van der Waals surface area contributed by atoms with Crippen LogP contribution < -0.4 is 9.47 Å². The van der Waals surface area contributed by atoms with E-state index in [0.717, 1.165) is 35.2 Å². The number of hydrogen-bond donors (Lipinski definition) is 0. The molecule has 4 heterocycles. The number of nitrogens with zero attached hydrogens (tertiary/aromatic N) is 6. The van der Waals surface area contributed by atoms with Crippen LogP contribution in [0.1, 0.15) is 18.9 Å². The predicted molar refractivity (Wildman–Crippen MR) is 130 cm³/mol. The van der Waals surface area contributed by atoms with E-state index in [0.29, 0.717) is 0 Å². The van der Waals surface area contributed by atoms with Crippen molar-refractivity contribution in [1.82, 2.24) is 15.9 Å². The fraction of sp³-hybridized carbons (Fsp3) is 0.190. The molecule has 0 N–H and O–H groups in total. The maximum atomic E-state index is 4.66. The predicted octanol–water partition coefficient (Wildman–Crippen LogP) is 3.70. The van der Waals surface area contributed by atoms with E-state index in [1.165, 1.54) is 30.8 Å². The molecule has 1 aliphatic rings. The van der Waals surface area contributed by atoms with Crippen LogP contribution in [0, 0.1) is 0 Å². The normalized spacial score (nSPS) is 15.4. The zero-order chi connectivity index (χ0) is 20.9. The molecule has 2 aromatic carbocycles. The number of rotatable bonds is 4. The zero-order valence-corrected chi connectivity index (χ0v) is 21.8. The number of fused-ring (bicyclic) bond motifs is 6. The fourth-order valence-electron chi connectivity index (χ4n) is 3.93. The Kier molecular flexibility index (Phi) is 5.10. The van der Waals surface area contributed by atoms with Crippen LogP contribution in [-0.2, 0) is 6.54 Å². The monoisotopic (exact) mass is 577 g/mol. The third kappa shape index (κ3) is 3.17. The Balaban J connectivity index is 1.38. The first-order valence-electron chi connectivity index (χ1n) is 9.95. The summed E-state index contributed by atoms with van der Waals surface area (Å²) in [5, 5.41) is 2.47. The van der Waals surface area contributed by atoms with Crippen molar-refractivity contribution in [3.05, 3.63) is 46.5 Å². The van der Waals surface area contributed by atoms with E-state index in [-0.39, 0.29) is 29.9 Å². The van der Waals surface area contributed by atoms with Gasteiger partial charge in [0.05, 0.1) is 0 Å². The van der Waals surface area contributed by atoms with Crippen LogP contribution in [0.2, 0.25) is 0 Å². The summed E-state index contributed by atoms with van der Waals surface area (Å²) in [6.45, 7) is 6.24. The van der Waals surface area contributed by atoms with Gasteiger partial charge < -0.3 is 0 Å². The van der Waals surface area contributed by atoms with Gasteiger partial charge in [-0.15, -0.1) is 0 Å². The van der Waals surface area contributed by atoms with Crippen LogP contribution >= 0.6 is 23.1 Å². The van der Waals surface area contributed by atoms with Crippen molar-refractivity contribution >= 4 is 97.1 Å². The van der Waals surface area contributed by atoms with Crippen LogP contribution in [0.25, 0.3) is 38.4 Å². The molecule has 6 nitrogen and oxygen atoms in total. The molecule has 31 heavy (non-hydrogen) atoms. The van der Waals surface area contributed by atoms with Gasteiger partial charge in [-0.3, -0.25) is 0 Å². The molecule has 0 spiro atoms. The molecule has 0 aliphatic carbocycles. The Bertz CT molecular complexity index is 1510. The van der Waals surface area contributed by atoms with Crippen molar-refractivity contribution in [2.45, 2.75) is 25.3 Å². The third-order valence-corrected chi connectivity index (χ3v) is 9.98. The molecule has 1 aliphatic heterocycles. The number of allylic oxidation sites excluding steroid dienone is 2. The van der Waals surface area contributed by atoms with E-state index in [2.05, 4.69) is 81.7 Å². The number of benzene rings is 2. The third-order valence-electron chi connectivity index (χ3n) is 5.36. The molecule has 154 valence electrons. The maximum absolute atomic E-state index is 4.66. The molecule has 0 atom stereocenters. The first kappa shape index (κ1) is 19.9. The van der Waals surface area contributed by atoms with Crippen molar-refractivity contribution in [3.8, 4) is 0 Å². The van der Waals surface area contributed by atoms with Crippen molar-refractivity contribution in [2.75, 3.05) is 11.4 Å². The van der Waals surface area contributed by atoms with E-state index in [9.17, 15) is 0 Å². The van der Waals surface area contributed by atoms with Crippen LogP contribution in [-0.4, -0.2) is 52.4 Å². The van der Waals surface area contributed by atoms with Crippen LogP contribution in [0.4, 0.5) is 5.69 Å². The minimum absolute atomic E-state index is 0.00273. The molecule has 5 aromatic rings. The summed E-state index contributed by atoms with van der Waals surface area (Å²) in [7, 11) is 0. The molecule has 0 saturated carbocycles. The second-order valence-electron chi connectivity index (χ2n) is 6.99. The number of thiazole rings is 1. The van der Waals surface area contributed by atoms with E-state index in [1.54, 1.807) is 23.1 Å². The van der Waals surface area contributed by atoms with E-state index < -0.39 is 0 Å². The van der Waals surface area contributed by atoms with E-state index >= 15 is 0 Å². The van der Waals surface area contributed by atoms with Gasteiger partial charge in [-0.05, 0) is 0 Å². The van der Waals surface area contributed by atoms with Crippen molar-refractivity contribution < 1.29 is 4.57 Å². The average Bonchev–Trinajstić information content (AvgIpc) is 3.55. The molecule has 0 fully saturated rings. The number of aromatic nitrogens is 5. The second kappa shape index (κ2) is 7.96. The Morgan fingerprint density at radius 3 is 2.58 bits per heavy atom. The van der Waals surface area contributed by atoms with Gasteiger partial charge in [-0.2, -0.15) is 0 Å². The summed E-state index contributed by atoms with van der Waals surface area (Å²) >= 11 is 3.60. The van der Waals surface area contributed by atoms with Crippen LogP contribution in [0.15, 0.2) is 46.3 Å². The topological polar surface area (TPSA) is 58.7 Å². The molecule has 0 radical (unpaired) electrons. The van der Waals surface area contributed by atoms with E-state index in [4.69, 9.17) is 0 Å². The van der Waals surface area contributed by atoms with Gasteiger partial charge >= 0.3 is 201 Å². The van der Waals surface area contributed by atoms with Gasteiger partial charge in [-0.25, -0.2) is 0 Å². The molecule has 0 bridgehead atoms. The van der Waals surface area contributed by atoms with Gasteiger partial charge in [0.15, 0.2) is 0 Å². The van der Waals surface area contributed by atoms with E-state index in [1.807, 2.05) is 0 Å². The summed E-state index contributed by atoms with van der Waals surface area (Å²) in [6, 6.07) is 8.58. The standard InChI is InChI=1S/C21H17N6S2Se2/c1-3-26-14-10-8-12-18(24-30-22-12)20(14)28-16(26)6-5-7-17-27(4-2)15-11-9-13-19(21(15)29-17)25-31-23-13/h5-11H,3-4H2,1-2H3/q+1. The van der Waals surface area contributed by atoms with Crippen LogP contribution in [0.5, 0.6) is 0 Å². The number of anilines is 1. The number of hydrogen-bond acceptors (Lipinski definition) is 7. The summed E-state index contributed by atoms with van der Waals surface area (Å²) in [5.74, 6) is 0. The summed E-state index contributed by atoms with van der Waals surface area (Å²) in [6.07, 6.45) is 6.61. The molecule has 3 aromatic heterocycles. The Morgan fingerprint density at radius 2 is 1.77 bits per heavy atom. The molecule has 0 amide bonds. The fourth-order valence-corrected chi connectivity index (χ4v) is 8.91. The summed E-state index contributed by atoms with van der Waals surface area (Å²) in [4.78, 5) is 3.61. The molecule has 0 unspecified atom stereocenters. The van der Waals surface area contributed by atoms with Crippen molar-refractivity contribution in [1.29, 1.82) is 0 Å². The molecule has 10 heteroatoms. The van der Waals surface area contributed by atoms with Crippen LogP contribution in [0.3, 0.4) is 0 Å². The van der Waals surface area contributed by atoms with Gasteiger partial charge in [0.25, 0.3) is 0 Å². The molecule has 6 rings (SSSR count). The first-order valence-corrected chi connectivity index (χ1v) is 14.6. The first-order chi connectivity index (χ1) is 15.3. The SMILES string of the molecule is CCN1C(=CC=Cc2sc3c4n[se]nc4ccc3[n+]2CC)Sc2c1ccc1n[se]nc21. The summed E-state index contributed by atoms with van der Waals surface area (Å²) in [5.41, 5.74) is 6.73. The average molecular weight is 575 g/mol. The van der Waals surface area contributed by atoms with Gasteiger partial charge in [-0.1, -0.05) is 0 Å². The van der Waals surface area contributed by atoms with Gasteiger partial charge in [0.1, 0.15) is 0 Å². The molecular formula is C21H17N6S2Se2+. The Labute approximate surface area is 199 Å². The zero-order valence-electron chi connectivity index (χ0n) is 16.8. The summed E-state index contributed by atoms with van der Waals surface area (Å²) < 4.78 is 22.0. The van der Waals surface area contributed by atoms with Gasteiger partial charge in [0, 0.05) is 0 Å². The molecule has 0 saturated heterocycles. The number of thioether (sulfide) groups is 1. The van der Waals surface area contributed by atoms with Crippen molar-refractivity contribution in [3.63, 3.8) is 0 Å². The Morgan fingerprint density at radius 1 is 1.00 bits per heavy atom. The molecular weight excluding hydrogens is 558 g/mol.